The molecule has 3 heterocycles. The molecule has 3 rings (SSSR count). The van der Waals surface area contributed by atoms with Crippen LogP contribution >= 0.6 is 0 Å². The van der Waals surface area contributed by atoms with Crippen molar-refractivity contribution in [3.05, 3.63) is 21.3 Å². The molecule has 0 amide bonds. The molecule has 12 nitrogen and oxygen atoms in total. The van der Waals surface area contributed by atoms with Gasteiger partial charge in [-0.05, 0) is 0 Å². The van der Waals surface area contributed by atoms with Gasteiger partial charge in [0.1, 0.15) is 0 Å². The Labute approximate surface area is 157 Å². The van der Waals surface area contributed by atoms with Crippen LogP contribution in [0, 0.1) is 0 Å². The van der Waals surface area contributed by atoms with E-state index in [1.54, 1.807) is 12.7 Å². The molecule has 0 aromatic rings. The molecule has 0 aliphatic carbocycles. The summed E-state index contributed by atoms with van der Waals surface area (Å²) in [6.45, 7) is 4.76. The molecule has 0 atom stereocenters. The summed E-state index contributed by atoms with van der Waals surface area (Å²) in [7, 11) is 0. The first-order valence-electron chi connectivity index (χ1n) is 7.85. The summed E-state index contributed by atoms with van der Waals surface area (Å²) < 4.78 is 0. The zero-order chi connectivity index (χ0) is 16.5. The van der Waals surface area contributed by atoms with E-state index in [0.29, 0.717) is 52.9 Å². The normalized spacial score (nSPS) is 23.0. The fourth-order valence-electron chi connectivity index (χ4n) is 2.22. The molecule has 0 aromatic heterocycles. The van der Waals surface area contributed by atoms with E-state index < -0.39 is 0 Å². The first kappa shape index (κ1) is 19.9. The van der Waals surface area contributed by atoms with Crippen molar-refractivity contribution in [1.29, 1.82) is 0 Å². The van der Waals surface area contributed by atoms with E-state index in [0.717, 1.165) is 11.9 Å². The predicted octanol–water partition coefficient (Wildman–Crippen LogP) is -2.32. The predicted molar refractivity (Wildman–Crippen MR) is 91.8 cm³/mol. The molecular weight excluding hydrogens is 376 g/mol. The summed E-state index contributed by atoms with van der Waals surface area (Å²) in [5.41, 5.74) is 0. The minimum absolute atomic E-state index is 0. The summed E-state index contributed by atoms with van der Waals surface area (Å²) >= 11 is 0. The van der Waals surface area contributed by atoms with Crippen LogP contribution in [0.1, 0.15) is 0 Å². The molecule has 0 unspecified atom stereocenters. The van der Waals surface area contributed by atoms with Crippen molar-refractivity contribution in [1.82, 2.24) is 9.80 Å². The average molecular weight is 398 g/mol. The smallest absolute Gasteiger partial charge is 0.646 e. The van der Waals surface area contributed by atoms with Crippen molar-refractivity contribution in [2.24, 2.45) is 20.4 Å². The number of hydrogen-bond donors (Lipinski definition) is 2. The number of nitrogens with zero attached hydrogens (tertiary/aromatic N) is 10. The van der Waals surface area contributed by atoms with E-state index in [1.807, 2.05) is 20.4 Å². The second-order valence-corrected chi connectivity index (χ2v) is 5.21. The number of quaternary nitrogens is 2. The maximum absolute atomic E-state index is 4.52. The van der Waals surface area contributed by atoms with Gasteiger partial charge in [-0.1, -0.05) is 47.1 Å². The van der Waals surface area contributed by atoms with Gasteiger partial charge < -0.3 is 31.1 Å². The monoisotopic (exact) mass is 397 g/mol. The van der Waals surface area contributed by atoms with Crippen molar-refractivity contribution in [3.8, 4) is 0 Å². The minimum Gasteiger partial charge on any atom is -0.646 e. The van der Waals surface area contributed by atoms with Crippen LogP contribution in [0.5, 0.6) is 0 Å². The van der Waals surface area contributed by atoms with Crippen LogP contribution in [-0.2, 0) is 17.1 Å². The van der Waals surface area contributed by atoms with Crippen LogP contribution in [0.2, 0.25) is 0 Å². The molecule has 4 N–H and O–H groups in total. The molecule has 3 aliphatic heterocycles. The summed E-state index contributed by atoms with van der Waals surface area (Å²) in [6.07, 6.45) is 3.35. The van der Waals surface area contributed by atoms with Crippen LogP contribution in [0.4, 0.5) is 0 Å². The number of nitrogens with two attached hydrogens (primary N) is 2. The number of guanidine groups is 2. The van der Waals surface area contributed by atoms with Crippen LogP contribution in [0.15, 0.2) is 20.4 Å². The van der Waals surface area contributed by atoms with Crippen molar-refractivity contribution in [2.75, 3.05) is 52.9 Å². The fraction of sp³-hybridized carbons (Fsp3) is 0.667. The summed E-state index contributed by atoms with van der Waals surface area (Å²) in [4.78, 5) is 3.98. The van der Waals surface area contributed by atoms with Crippen molar-refractivity contribution < 1.29 is 27.7 Å². The molecule has 1 fully saturated rings. The van der Waals surface area contributed by atoms with Crippen LogP contribution in [-0.4, -0.2) is 87.2 Å². The van der Waals surface area contributed by atoms with Gasteiger partial charge in [-0.15, -0.1) is 0 Å². The van der Waals surface area contributed by atoms with E-state index in [9.17, 15) is 0 Å². The van der Waals surface area contributed by atoms with E-state index in [2.05, 4.69) is 41.7 Å². The summed E-state index contributed by atoms with van der Waals surface area (Å²) in [6, 6.07) is 0. The molecule has 25 heavy (non-hydrogen) atoms. The quantitative estimate of drug-likeness (QED) is 0.442. The Bertz CT molecular complexity index is 456. The third-order valence-electron chi connectivity index (χ3n) is 3.46. The third-order valence-corrected chi connectivity index (χ3v) is 3.46. The molecule has 13 heteroatoms. The van der Waals surface area contributed by atoms with Crippen LogP contribution < -0.4 is 10.6 Å². The van der Waals surface area contributed by atoms with Gasteiger partial charge in [-0.25, -0.2) is 10.6 Å². The molecule has 0 spiro atoms. The molecule has 0 bridgehead atoms. The SMILES string of the molecule is C1=NN=C(N2C[N-]CC[N-]CN(C3=NN=C[NH2+]3)C[N-]CC[N-]C2)[NH2+]1.[Cu+2]. The Hall–Kier alpha value is -1.44. The molecule has 141 valence electrons. The fourth-order valence-corrected chi connectivity index (χ4v) is 2.22. The van der Waals surface area contributed by atoms with Crippen LogP contribution in [0.25, 0.3) is 21.3 Å². The Morgan fingerprint density at radius 3 is 1.32 bits per heavy atom. The van der Waals surface area contributed by atoms with Gasteiger partial charge in [0, 0.05) is 0 Å². The topological polar surface area (TPSA) is 146 Å². The minimum atomic E-state index is 0. The van der Waals surface area contributed by atoms with E-state index in [1.165, 1.54) is 0 Å². The van der Waals surface area contributed by atoms with Gasteiger partial charge in [0.05, 0.1) is 0 Å². The summed E-state index contributed by atoms with van der Waals surface area (Å²) in [5.74, 6) is 1.59. The first-order chi connectivity index (χ1) is 11.9. The van der Waals surface area contributed by atoms with Gasteiger partial charge >= 0.3 is 29.0 Å². The maximum atomic E-state index is 4.52. The second kappa shape index (κ2) is 11.2. The van der Waals surface area contributed by atoms with Gasteiger partial charge in [0.15, 0.2) is 0 Å². The Balaban J connectivity index is 0.00000225. The Morgan fingerprint density at radius 1 is 0.680 bits per heavy atom. The summed E-state index contributed by atoms with van der Waals surface area (Å²) in [5, 5.41) is 37.7. The molecule has 0 saturated carbocycles. The Morgan fingerprint density at radius 2 is 1.04 bits per heavy atom. The van der Waals surface area contributed by atoms with Crippen molar-refractivity contribution in [2.45, 2.75) is 0 Å². The van der Waals surface area contributed by atoms with E-state index in [-0.39, 0.29) is 17.1 Å². The van der Waals surface area contributed by atoms with Gasteiger partial charge in [-0.2, -0.15) is 26.2 Å². The van der Waals surface area contributed by atoms with Crippen molar-refractivity contribution >= 4 is 24.6 Å². The molecule has 1 saturated heterocycles. The largest absolute Gasteiger partial charge is 2.00 e. The van der Waals surface area contributed by atoms with Crippen LogP contribution in [0.3, 0.4) is 0 Å². The standard InChI is InChI=1S/C12H20N12.Cu/c1-2-14-8-24(12-18-6-20-22-12)10-16-4-3-15-9-23(7-13-1)11-17-5-19-21-11;/h5-6H,1-4,7-10H2,(H,17,19,21)(H,18,20,22);/q-4;+2/p+2. The maximum Gasteiger partial charge on any atom is 2.00 e. The molecule has 0 aromatic carbocycles. The first-order valence-corrected chi connectivity index (χ1v) is 7.85. The van der Waals surface area contributed by atoms with Gasteiger partial charge in [0.25, 0.3) is 0 Å². The average Bonchev–Trinajstić information content (AvgIpc) is 3.30. The zero-order valence-corrected chi connectivity index (χ0v) is 14.7. The van der Waals surface area contributed by atoms with Gasteiger partial charge in [0.2, 0.25) is 12.7 Å². The van der Waals surface area contributed by atoms with Crippen molar-refractivity contribution in [3.63, 3.8) is 0 Å². The second-order valence-electron chi connectivity index (χ2n) is 5.21. The molecular formula is C12H22CuN12. The molecule has 3 aliphatic rings. The number of hydrogen-bond acceptors (Lipinski definition) is 6. The third kappa shape index (κ3) is 6.41. The number of rotatable bonds is 0. The molecule has 1 radical (unpaired) electrons. The van der Waals surface area contributed by atoms with Gasteiger partial charge in [-0.3, -0.25) is 0 Å². The zero-order valence-electron chi connectivity index (χ0n) is 13.7. The van der Waals surface area contributed by atoms with E-state index in [4.69, 9.17) is 0 Å². The Kier molecular flexibility index (Phi) is 8.93. The van der Waals surface area contributed by atoms with E-state index >= 15 is 0 Å².